The predicted molar refractivity (Wildman–Crippen MR) is 39.8 cm³/mol. The Kier molecular flexibility index (Phi) is 2.90. The van der Waals surface area contributed by atoms with Gasteiger partial charge in [-0.2, -0.15) is 0 Å². The van der Waals surface area contributed by atoms with Crippen molar-refractivity contribution in [2.24, 2.45) is 5.73 Å². The van der Waals surface area contributed by atoms with Gasteiger partial charge in [-0.15, -0.1) is 11.3 Å². The molecule has 0 aliphatic rings. The van der Waals surface area contributed by atoms with Gasteiger partial charge in [0.1, 0.15) is 5.69 Å². The second kappa shape index (κ2) is 3.73. The molecule has 0 aliphatic heterocycles. The first-order valence-corrected chi connectivity index (χ1v) is 4.04. The normalized spacial score (nSPS) is 10.9. The van der Waals surface area contributed by atoms with Crippen LogP contribution in [0.25, 0.3) is 0 Å². The largest absolute Gasteiger partial charge is 0.330 e. The number of nitrogens with two attached hydrogens (primary N) is 1. The van der Waals surface area contributed by atoms with E-state index in [2.05, 4.69) is 4.98 Å². The second-order valence-corrected chi connectivity index (χ2v) is 2.95. The van der Waals surface area contributed by atoms with Crippen LogP contribution < -0.4 is 5.73 Å². The van der Waals surface area contributed by atoms with Gasteiger partial charge < -0.3 is 5.73 Å². The van der Waals surface area contributed by atoms with Crippen LogP contribution in [-0.4, -0.2) is 11.5 Å². The van der Waals surface area contributed by atoms with Gasteiger partial charge in [-0.05, 0) is 6.54 Å². The van der Waals surface area contributed by atoms with Crippen molar-refractivity contribution in [2.75, 3.05) is 6.54 Å². The molecule has 0 amide bonds. The van der Waals surface area contributed by atoms with Gasteiger partial charge in [0.25, 0.3) is 6.43 Å². The summed E-state index contributed by atoms with van der Waals surface area (Å²) in [6, 6.07) is 0. The minimum Gasteiger partial charge on any atom is -0.330 e. The number of thiazole rings is 1. The third-order valence-corrected chi connectivity index (χ3v) is 2.08. The van der Waals surface area contributed by atoms with E-state index in [0.29, 0.717) is 18.0 Å². The van der Waals surface area contributed by atoms with Crippen molar-refractivity contribution in [1.82, 2.24) is 4.98 Å². The summed E-state index contributed by atoms with van der Waals surface area (Å²) in [5, 5.41) is 2.05. The zero-order valence-electron chi connectivity index (χ0n) is 5.76. The Labute approximate surface area is 67.1 Å². The standard InChI is InChI=1S/C6H8F2N2S/c7-6(8)4-3-11-5(10-4)1-2-9/h3,6H,1-2,9H2. The molecule has 0 aromatic carbocycles. The highest BCUT2D eigenvalue weighted by molar-refractivity contribution is 7.09. The summed E-state index contributed by atoms with van der Waals surface area (Å²) in [6.07, 6.45) is -1.88. The molecule has 0 spiro atoms. The number of alkyl halides is 2. The monoisotopic (exact) mass is 178 g/mol. The fraction of sp³-hybridized carbons (Fsp3) is 0.500. The third-order valence-electron chi connectivity index (χ3n) is 1.15. The summed E-state index contributed by atoms with van der Waals surface area (Å²) in [4.78, 5) is 3.69. The molecular weight excluding hydrogens is 170 g/mol. The number of halogens is 2. The van der Waals surface area contributed by atoms with Gasteiger partial charge in [-0.25, -0.2) is 13.8 Å². The van der Waals surface area contributed by atoms with Gasteiger partial charge in [0.2, 0.25) is 0 Å². The van der Waals surface area contributed by atoms with Crippen LogP contribution in [0.15, 0.2) is 5.38 Å². The van der Waals surface area contributed by atoms with Crippen molar-refractivity contribution in [2.45, 2.75) is 12.8 Å². The lowest BCUT2D eigenvalue weighted by atomic mass is 10.4. The van der Waals surface area contributed by atoms with Crippen molar-refractivity contribution in [1.29, 1.82) is 0 Å². The Hall–Kier alpha value is -0.550. The highest BCUT2D eigenvalue weighted by Crippen LogP contribution is 2.20. The van der Waals surface area contributed by atoms with Gasteiger partial charge in [0.15, 0.2) is 0 Å². The molecule has 1 aromatic heterocycles. The summed E-state index contributed by atoms with van der Waals surface area (Å²) in [7, 11) is 0. The van der Waals surface area contributed by atoms with Crippen LogP contribution in [0, 0.1) is 0 Å². The molecule has 0 saturated heterocycles. The van der Waals surface area contributed by atoms with E-state index in [-0.39, 0.29) is 5.69 Å². The second-order valence-electron chi connectivity index (χ2n) is 2.01. The first-order valence-electron chi connectivity index (χ1n) is 3.16. The minimum atomic E-state index is -2.46. The smallest absolute Gasteiger partial charge is 0.281 e. The van der Waals surface area contributed by atoms with Crippen LogP contribution in [0.2, 0.25) is 0 Å². The van der Waals surface area contributed by atoms with Crippen LogP contribution in [0.4, 0.5) is 8.78 Å². The molecule has 0 bridgehead atoms. The fourth-order valence-electron chi connectivity index (χ4n) is 0.664. The summed E-state index contributed by atoms with van der Waals surface area (Å²) >= 11 is 1.23. The zero-order chi connectivity index (χ0) is 8.27. The number of hydrogen-bond donors (Lipinski definition) is 1. The zero-order valence-corrected chi connectivity index (χ0v) is 6.57. The topological polar surface area (TPSA) is 38.9 Å². The molecule has 0 atom stereocenters. The maximum absolute atomic E-state index is 11.9. The van der Waals surface area contributed by atoms with E-state index in [0.717, 1.165) is 0 Å². The third kappa shape index (κ3) is 2.20. The molecule has 1 rings (SSSR count). The van der Waals surface area contributed by atoms with E-state index in [4.69, 9.17) is 5.73 Å². The van der Waals surface area contributed by atoms with Gasteiger partial charge in [-0.3, -0.25) is 0 Å². The van der Waals surface area contributed by atoms with E-state index in [1.807, 2.05) is 0 Å². The molecule has 11 heavy (non-hydrogen) atoms. The number of hydrogen-bond acceptors (Lipinski definition) is 3. The van der Waals surface area contributed by atoms with Crippen LogP contribution in [0.5, 0.6) is 0 Å². The van der Waals surface area contributed by atoms with Gasteiger partial charge >= 0.3 is 0 Å². The highest BCUT2D eigenvalue weighted by Gasteiger charge is 2.10. The molecule has 0 aliphatic carbocycles. The van der Waals surface area contributed by atoms with Crippen molar-refractivity contribution in [3.8, 4) is 0 Å². The SMILES string of the molecule is NCCc1nc(C(F)F)cs1. The van der Waals surface area contributed by atoms with Crippen molar-refractivity contribution < 1.29 is 8.78 Å². The van der Waals surface area contributed by atoms with Crippen molar-refractivity contribution >= 4 is 11.3 Å². The lowest BCUT2D eigenvalue weighted by molar-refractivity contribution is 0.146. The Bertz CT molecular complexity index is 224. The van der Waals surface area contributed by atoms with E-state index < -0.39 is 6.43 Å². The lowest BCUT2D eigenvalue weighted by Crippen LogP contribution is -2.02. The van der Waals surface area contributed by atoms with Crippen molar-refractivity contribution in [3.05, 3.63) is 16.1 Å². The molecule has 5 heteroatoms. The highest BCUT2D eigenvalue weighted by atomic mass is 32.1. The van der Waals surface area contributed by atoms with Gasteiger partial charge in [0, 0.05) is 11.8 Å². The maximum Gasteiger partial charge on any atom is 0.281 e. The Morgan fingerprint density at radius 3 is 2.82 bits per heavy atom. The summed E-state index contributed by atoms with van der Waals surface area (Å²) in [5.74, 6) is 0. The quantitative estimate of drug-likeness (QED) is 0.763. The molecule has 1 heterocycles. The van der Waals surface area contributed by atoms with Crippen LogP contribution in [0.1, 0.15) is 17.1 Å². The maximum atomic E-state index is 11.9. The Morgan fingerprint density at radius 1 is 1.64 bits per heavy atom. The van der Waals surface area contributed by atoms with Crippen LogP contribution in [-0.2, 0) is 6.42 Å². The first-order chi connectivity index (χ1) is 5.24. The molecule has 1 aromatic rings. The average molecular weight is 178 g/mol. The molecule has 2 N–H and O–H groups in total. The number of aromatic nitrogens is 1. The van der Waals surface area contributed by atoms with Crippen molar-refractivity contribution in [3.63, 3.8) is 0 Å². The molecule has 2 nitrogen and oxygen atoms in total. The van der Waals surface area contributed by atoms with E-state index in [1.165, 1.54) is 16.7 Å². The predicted octanol–water partition coefficient (Wildman–Crippen LogP) is 1.58. The van der Waals surface area contributed by atoms with E-state index >= 15 is 0 Å². The molecule has 0 saturated carbocycles. The van der Waals surface area contributed by atoms with E-state index in [1.54, 1.807) is 0 Å². The Morgan fingerprint density at radius 2 is 2.36 bits per heavy atom. The first kappa shape index (κ1) is 8.55. The minimum absolute atomic E-state index is 0.140. The summed E-state index contributed by atoms with van der Waals surface area (Å²) in [6.45, 7) is 0.455. The van der Waals surface area contributed by atoms with E-state index in [9.17, 15) is 8.78 Å². The Balaban J connectivity index is 2.66. The van der Waals surface area contributed by atoms with Crippen LogP contribution in [0.3, 0.4) is 0 Å². The average Bonchev–Trinajstić information content (AvgIpc) is 2.37. The summed E-state index contributed by atoms with van der Waals surface area (Å²) < 4.78 is 23.9. The molecule has 0 fully saturated rings. The van der Waals surface area contributed by atoms with Gasteiger partial charge in [0.05, 0.1) is 5.01 Å². The number of rotatable bonds is 3. The molecule has 0 radical (unpaired) electrons. The van der Waals surface area contributed by atoms with Gasteiger partial charge in [-0.1, -0.05) is 0 Å². The molecule has 62 valence electrons. The van der Waals surface area contributed by atoms with Crippen LogP contribution >= 0.6 is 11.3 Å². The fourth-order valence-corrected chi connectivity index (χ4v) is 1.47. The summed E-state index contributed by atoms with van der Waals surface area (Å²) in [5.41, 5.74) is 5.08. The molecular formula is C6H8F2N2S. The lowest BCUT2D eigenvalue weighted by Gasteiger charge is -1.90. The number of nitrogens with zero attached hydrogens (tertiary/aromatic N) is 1. The molecule has 0 unspecified atom stereocenters.